The van der Waals surface area contributed by atoms with Gasteiger partial charge in [-0.25, -0.2) is 0 Å². The van der Waals surface area contributed by atoms with Crippen molar-refractivity contribution in [1.29, 1.82) is 0 Å². The highest BCUT2D eigenvalue weighted by Crippen LogP contribution is 2.08. The number of ether oxygens (including phenoxy) is 2. The molecule has 0 aromatic rings. The Labute approximate surface area is 60.9 Å². The average Bonchev–Trinajstić information content (AvgIpc) is 2.36. The first-order valence-electron chi connectivity index (χ1n) is 3.75. The summed E-state index contributed by atoms with van der Waals surface area (Å²) in [5.74, 6) is 0. The molecule has 3 heteroatoms. The molecule has 2 rings (SSSR count). The molecule has 2 aliphatic rings. The molecule has 2 heterocycles. The fourth-order valence-electron chi connectivity index (χ4n) is 1.61. The Bertz CT molecular complexity index is 129. The number of nitrogens with one attached hydrogen (secondary N) is 1. The standard InChI is InChI=1S/C7H13NO2/c1-8-2-3-10-7-5-9-4-6(7)8/h6-8H,1-5H2. The molecule has 0 spiro atoms. The van der Waals surface area contributed by atoms with E-state index in [2.05, 4.69) is 7.05 Å². The molecule has 2 aliphatic heterocycles. The third-order valence-corrected chi connectivity index (χ3v) is 2.31. The van der Waals surface area contributed by atoms with E-state index in [-0.39, 0.29) is 0 Å². The van der Waals surface area contributed by atoms with Gasteiger partial charge in [0.15, 0.2) is 0 Å². The first-order valence-corrected chi connectivity index (χ1v) is 3.75. The molecule has 2 fully saturated rings. The first-order chi connectivity index (χ1) is 4.88. The van der Waals surface area contributed by atoms with E-state index < -0.39 is 0 Å². The number of hydrogen-bond acceptors (Lipinski definition) is 2. The van der Waals surface area contributed by atoms with E-state index in [1.165, 1.54) is 4.90 Å². The number of quaternary nitrogens is 1. The fourth-order valence-corrected chi connectivity index (χ4v) is 1.61. The summed E-state index contributed by atoms with van der Waals surface area (Å²) in [5.41, 5.74) is 0. The number of morpholine rings is 1. The highest BCUT2D eigenvalue weighted by molar-refractivity contribution is 4.77. The molecule has 1 N–H and O–H groups in total. The highest BCUT2D eigenvalue weighted by Gasteiger charge is 2.35. The normalized spacial score (nSPS) is 47.1. The van der Waals surface area contributed by atoms with Gasteiger partial charge in [-0.2, -0.15) is 7.05 Å². The molecular formula is C7H13NO2. The maximum atomic E-state index is 5.49. The lowest BCUT2D eigenvalue weighted by Gasteiger charge is -2.35. The van der Waals surface area contributed by atoms with Crippen molar-refractivity contribution in [2.45, 2.75) is 12.1 Å². The van der Waals surface area contributed by atoms with Gasteiger partial charge in [-0.3, -0.25) is 0 Å². The number of fused-ring (bicyclic) bond motifs is 1. The van der Waals surface area contributed by atoms with Crippen molar-refractivity contribution in [3.8, 4) is 0 Å². The van der Waals surface area contributed by atoms with Crippen molar-refractivity contribution in [3.63, 3.8) is 0 Å². The monoisotopic (exact) mass is 143 g/mol. The quantitative estimate of drug-likeness (QED) is 0.415. The first kappa shape index (κ1) is 6.58. The average molecular weight is 143 g/mol. The van der Waals surface area contributed by atoms with Crippen LogP contribution in [0.3, 0.4) is 0 Å². The predicted octanol–water partition coefficient (Wildman–Crippen LogP) is -1.54. The third-order valence-electron chi connectivity index (χ3n) is 2.31. The lowest BCUT2D eigenvalue weighted by atomic mass is 10.1. The Morgan fingerprint density at radius 3 is 3.10 bits per heavy atom. The SMILES string of the molecule is [CH2-][NH+]1CCOC2COCC21. The fraction of sp³-hybridized carbons (Fsp3) is 0.857. The molecule has 3 atom stereocenters. The predicted molar refractivity (Wildman–Crippen MR) is 35.5 cm³/mol. The highest BCUT2D eigenvalue weighted by atomic mass is 16.6. The van der Waals surface area contributed by atoms with E-state index in [9.17, 15) is 0 Å². The molecule has 58 valence electrons. The molecular weight excluding hydrogens is 130 g/mol. The summed E-state index contributed by atoms with van der Waals surface area (Å²) in [6, 6.07) is 0.494. The molecule has 0 saturated carbocycles. The van der Waals surface area contributed by atoms with E-state index in [0.29, 0.717) is 12.1 Å². The zero-order valence-corrected chi connectivity index (χ0v) is 6.01. The van der Waals surface area contributed by atoms with E-state index >= 15 is 0 Å². The Morgan fingerprint density at radius 2 is 2.30 bits per heavy atom. The second-order valence-corrected chi connectivity index (χ2v) is 2.96. The van der Waals surface area contributed by atoms with Crippen molar-refractivity contribution in [1.82, 2.24) is 0 Å². The van der Waals surface area contributed by atoms with Gasteiger partial charge >= 0.3 is 0 Å². The molecule has 3 unspecified atom stereocenters. The van der Waals surface area contributed by atoms with Crippen molar-refractivity contribution < 1.29 is 14.4 Å². The summed E-state index contributed by atoms with van der Waals surface area (Å²) in [6.07, 6.45) is 0.321. The van der Waals surface area contributed by atoms with E-state index in [4.69, 9.17) is 9.47 Å². The van der Waals surface area contributed by atoms with Gasteiger partial charge in [0.25, 0.3) is 0 Å². The molecule has 0 aromatic heterocycles. The minimum atomic E-state index is 0.321. The Hall–Kier alpha value is -0.120. The summed E-state index contributed by atoms with van der Waals surface area (Å²) in [5, 5.41) is 0. The van der Waals surface area contributed by atoms with Crippen LogP contribution in [-0.2, 0) is 9.47 Å². The molecule has 0 aromatic carbocycles. The van der Waals surface area contributed by atoms with E-state index in [0.717, 1.165) is 26.4 Å². The molecule has 0 radical (unpaired) electrons. The van der Waals surface area contributed by atoms with Gasteiger partial charge in [0.2, 0.25) is 0 Å². The van der Waals surface area contributed by atoms with Crippen LogP contribution in [0, 0.1) is 7.05 Å². The second-order valence-electron chi connectivity index (χ2n) is 2.96. The summed E-state index contributed by atoms with van der Waals surface area (Å²) in [4.78, 5) is 1.31. The molecule has 10 heavy (non-hydrogen) atoms. The van der Waals surface area contributed by atoms with Crippen LogP contribution in [0.5, 0.6) is 0 Å². The molecule has 0 aliphatic carbocycles. The van der Waals surface area contributed by atoms with Crippen molar-refractivity contribution in [2.75, 3.05) is 26.4 Å². The second kappa shape index (κ2) is 2.49. The van der Waals surface area contributed by atoms with Gasteiger partial charge in [-0.1, -0.05) is 0 Å². The molecule has 2 saturated heterocycles. The number of rotatable bonds is 0. The number of hydrogen-bond donors (Lipinski definition) is 1. The van der Waals surface area contributed by atoms with Crippen LogP contribution in [0.2, 0.25) is 0 Å². The van der Waals surface area contributed by atoms with E-state index in [1.807, 2.05) is 0 Å². The van der Waals surface area contributed by atoms with Crippen LogP contribution in [0.1, 0.15) is 0 Å². The largest absolute Gasteiger partial charge is 0.459 e. The van der Waals surface area contributed by atoms with Crippen LogP contribution in [0.25, 0.3) is 0 Å². The van der Waals surface area contributed by atoms with Gasteiger partial charge in [0.1, 0.15) is 12.1 Å². The molecule has 3 nitrogen and oxygen atoms in total. The van der Waals surface area contributed by atoms with Gasteiger partial charge in [-0.15, -0.1) is 0 Å². The smallest absolute Gasteiger partial charge is 0.133 e. The Morgan fingerprint density at radius 1 is 1.40 bits per heavy atom. The zero-order valence-electron chi connectivity index (χ0n) is 6.01. The van der Waals surface area contributed by atoms with E-state index in [1.54, 1.807) is 0 Å². The Balaban J connectivity index is 2.03. The minimum Gasteiger partial charge on any atom is -0.459 e. The topological polar surface area (TPSA) is 22.9 Å². The summed E-state index contributed by atoms with van der Waals surface area (Å²) >= 11 is 0. The lowest BCUT2D eigenvalue weighted by molar-refractivity contribution is -0.892. The lowest BCUT2D eigenvalue weighted by Crippen LogP contribution is -3.14. The Kier molecular flexibility index (Phi) is 1.64. The summed E-state index contributed by atoms with van der Waals surface area (Å²) < 4.78 is 10.8. The maximum absolute atomic E-state index is 5.49. The molecule has 0 amide bonds. The van der Waals surface area contributed by atoms with Gasteiger partial charge in [0.05, 0.1) is 26.4 Å². The van der Waals surface area contributed by atoms with Crippen LogP contribution in [0.4, 0.5) is 0 Å². The van der Waals surface area contributed by atoms with Gasteiger partial charge in [0, 0.05) is 0 Å². The van der Waals surface area contributed by atoms with Crippen LogP contribution >= 0.6 is 0 Å². The van der Waals surface area contributed by atoms with Gasteiger partial charge < -0.3 is 14.4 Å². The maximum Gasteiger partial charge on any atom is 0.133 e. The van der Waals surface area contributed by atoms with Crippen LogP contribution < -0.4 is 4.90 Å². The molecule has 0 bridgehead atoms. The summed E-state index contributed by atoms with van der Waals surface area (Å²) in [6.45, 7) is 3.45. The van der Waals surface area contributed by atoms with Crippen LogP contribution in [-0.4, -0.2) is 38.5 Å². The zero-order chi connectivity index (χ0) is 6.97. The van der Waals surface area contributed by atoms with Crippen LogP contribution in [0.15, 0.2) is 0 Å². The third kappa shape index (κ3) is 0.944. The van der Waals surface area contributed by atoms with Crippen molar-refractivity contribution >= 4 is 0 Å². The van der Waals surface area contributed by atoms with Crippen molar-refractivity contribution in [2.24, 2.45) is 0 Å². The minimum absolute atomic E-state index is 0.321. The summed E-state index contributed by atoms with van der Waals surface area (Å²) in [7, 11) is 4.00. The van der Waals surface area contributed by atoms with Gasteiger partial charge in [-0.05, 0) is 0 Å². The van der Waals surface area contributed by atoms with Crippen molar-refractivity contribution in [3.05, 3.63) is 7.05 Å².